The molecule has 0 atom stereocenters. The second-order valence-electron chi connectivity index (χ2n) is 7.19. The van der Waals surface area contributed by atoms with Crippen LogP contribution in [0.1, 0.15) is 38.2 Å². The van der Waals surface area contributed by atoms with Crippen LogP contribution in [0.25, 0.3) is 16.6 Å². The molecule has 0 saturated carbocycles. The lowest BCUT2D eigenvalue weighted by Crippen LogP contribution is -2.55. The van der Waals surface area contributed by atoms with Gasteiger partial charge in [0.05, 0.1) is 28.4 Å². The topological polar surface area (TPSA) is 140 Å². The van der Waals surface area contributed by atoms with E-state index in [1.54, 1.807) is 0 Å². The third-order valence-corrected chi connectivity index (χ3v) is 5.69. The number of H-pyrrole nitrogens is 1. The summed E-state index contributed by atoms with van der Waals surface area (Å²) in [6.07, 6.45) is -0.895. The minimum absolute atomic E-state index is 0.0411. The Kier molecular flexibility index (Phi) is 6.44. The number of carbonyl (C=O) groups excluding carboxylic acids is 1. The molecule has 0 aliphatic carbocycles. The number of sulfonamides is 1. The zero-order chi connectivity index (χ0) is 24.6. The highest BCUT2D eigenvalue weighted by Crippen LogP contribution is 2.35. The van der Waals surface area contributed by atoms with Crippen LogP contribution >= 0.6 is 0 Å². The van der Waals surface area contributed by atoms with Crippen LogP contribution in [-0.4, -0.2) is 45.0 Å². The quantitative estimate of drug-likeness (QED) is 0.494. The largest absolute Gasteiger partial charge is 0.418 e. The highest BCUT2D eigenvalue weighted by molar-refractivity contribution is 7.92. The van der Waals surface area contributed by atoms with Gasteiger partial charge in [-0.15, -0.1) is 19.3 Å². The van der Waals surface area contributed by atoms with E-state index in [1.165, 1.54) is 0 Å². The van der Waals surface area contributed by atoms with Gasteiger partial charge in [-0.2, -0.15) is 13.2 Å². The molecule has 11 nitrogen and oxygen atoms in total. The number of fused-ring (bicyclic) bond motifs is 1. The van der Waals surface area contributed by atoms with Crippen LogP contribution in [0.3, 0.4) is 0 Å². The normalized spacial score (nSPS) is 12.3. The molecule has 1 aromatic carbocycles. The number of unbranched alkanes of at least 4 members (excludes halogenated alkanes) is 2. The molecule has 0 bridgehead atoms. The first kappa shape index (κ1) is 24.2. The van der Waals surface area contributed by atoms with Crippen LogP contribution in [0, 0.1) is 0 Å². The smallest absolute Gasteiger partial charge is 0.305 e. The molecule has 2 aromatic heterocycles. The maximum absolute atomic E-state index is 13.6. The molecule has 15 heteroatoms. The van der Waals surface area contributed by atoms with Crippen LogP contribution in [0.4, 0.5) is 13.2 Å². The van der Waals surface area contributed by atoms with Gasteiger partial charge in [-0.1, -0.05) is 19.8 Å². The summed E-state index contributed by atoms with van der Waals surface area (Å²) in [4.78, 5) is 40.4. The van der Waals surface area contributed by atoms with E-state index >= 15 is 0 Å². The number of aromatic nitrogens is 5. The van der Waals surface area contributed by atoms with Gasteiger partial charge in [0.15, 0.2) is 0 Å². The summed E-state index contributed by atoms with van der Waals surface area (Å²) in [7, 11) is -4.43. The van der Waals surface area contributed by atoms with Crippen molar-refractivity contribution in [2.45, 2.75) is 38.8 Å². The molecule has 3 rings (SSSR count). The Morgan fingerprint density at radius 3 is 2.33 bits per heavy atom. The molecular formula is C18H19F3N6O5S. The minimum atomic E-state index is -4.87. The molecule has 0 saturated heterocycles. The van der Waals surface area contributed by atoms with E-state index < -0.39 is 55.5 Å². The van der Waals surface area contributed by atoms with Gasteiger partial charge in [0.2, 0.25) is 0 Å². The van der Waals surface area contributed by atoms with E-state index in [-0.39, 0.29) is 15.5 Å². The van der Waals surface area contributed by atoms with Crippen molar-refractivity contribution in [1.29, 1.82) is 0 Å². The van der Waals surface area contributed by atoms with Gasteiger partial charge >= 0.3 is 11.9 Å². The fraction of sp³-hybridized carbons (Fsp3) is 0.389. The van der Waals surface area contributed by atoms with Crippen molar-refractivity contribution in [3.05, 3.63) is 51.2 Å². The summed E-state index contributed by atoms with van der Waals surface area (Å²) in [6, 6.07) is 1.37. The van der Waals surface area contributed by atoms with E-state index in [0.29, 0.717) is 25.2 Å². The van der Waals surface area contributed by atoms with Crippen molar-refractivity contribution >= 4 is 26.8 Å². The standard InChI is InChI=1S/C18H19F3N6O5S/c1-3-4-5-6-15(28)27(33(2,31)32)26-16(29)11-7-14(25-9-22-23-10-25)12(18(19,20)21)8-13(11)24-17(26)30/h7-10H,3-6H2,1-2H3,(H,24,30). The zero-order valence-electron chi connectivity index (χ0n) is 17.5. The predicted molar refractivity (Wildman–Crippen MR) is 111 cm³/mol. The Morgan fingerprint density at radius 2 is 1.79 bits per heavy atom. The summed E-state index contributed by atoms with van der Waals surface area (Å²) in [5.74, 6) is -1.02. The van der Waals surface area contributed by atoms with Crippen molar-refractivity contribution in [3.63, 3.8) is 0 Å². The van der Waals surface area contributed by atoms with Crippen LogP contribution in [0.5, 0.6) is 0 Å². The van der Waals surface area contributed by atoms with Crippen molar-refractivity contribution in [2.24, 2.45) is 0 Å². The van der Waals surface area contributed by atoms with E-state index in [9.17, 15) is 36.0 Å². The van der Waals surface area contributed by atoms with Crippen LogP contribution in [0.15, 0.2) is 34.4 Å². The molecule has 2 heterocycles. The number of rotatable bonds is 7. The Balaban J connectivity index is 2.31. The Labute approximate surface area is 184 Å². The van der Waals surface area contributed by atoms with Gasteiger partial charge in [-0.3, -0.25) is 14.2 Å². The fourth-order valence-electron chi connectivity index (χ4n) is 3.24. The highest BCUT2D eigenvalue weighted by Gasteiger charge is 2.36. The lowest BCUT2D eigenvalue weighted by Gasteiger charge is -2.21. The number of carbonyl (C=O) groups is 1. The van der Waals surface area contributed by atoms with Gasteiger partial charge in [0.25, 0.3) is 21.5 Å². The molecule has 0 radical (unpaired) electrons. The lowest BCUT2D eigenvalue weighted by atomic mass is 10.1. The third kappa shape index (κ3) is 4.81. The third-order valence-electron chi connectivity index (χ3n) is 4.70. The first-order chi connectivity index (χ1) is 15.4. The number of amides is 1. The van der Waals surface area contributed by atoms with Gasteiger partial charge in [-0.25, -0.2) is 13.2 Å². The average Bonchev–Trinajstić information content (AvgIpc) is 3.23. The second-order valence-corrected chi connectivity index (χ2v) is 9.00. The number of nitrogens with zero attached hydrogens (tertiary/aromatic N) is 5. The molecule has 0 fully saturated rings. The van der Waals surface area contributed by atoms with Crippen molar-refractivity contribution < 1.29 is 26.4 Å². The van der Waals surface area contributed by atoms with Crippen LogP contribution < -0.4 is 15.7 Å². The predicted octanol–water partition coefficient (Wildman–Crippen LogP) is 1.29. The van der Waals surface area contributed by atoms with E-state index in [0.717, 1.165) is 29.7 Å². The maximum Gasteiger partial charge on any atom is 0.418 e. The van der Waals surface area contributed by atoms with Crippen LogP contribution in [0.2, 0.25) is 0 Å². The molecular weight excluding hydrogens is 469 g/mol. The summed E-state index contributed by atoms with van der Waals surface area (Å²) in [5, 5.41) is 6.44. The van der Waals surface area contributed by atoms with E-state index in [4.69, 9.17) is 0 Å². The number of hydrogen-bond donors (Lipinski definition) is 1. The molecule has 0 aliphatic heterocycles. The molecule has 0 aliphatic rings. The van der Waals surface area contributed by atoms with Crippen molar-refractivity contribution in [1.82, 2.24) is 24.4 Å². The van der Waals surface area contributed by atoms with Crippen LogP contribution in [-0.2, 0) is 21.0 Å². The molecule has 33 heavy (non-hydrogen) atoms. The van der Waals surface area contributed by atoms with Crippen molar-refractivity contribution in [3.8, 4) is 5.69 Å². The summed E-state index contributed by atoms with van der Waals surface area (Å²) in [6.45, 7) is 1.86. The number of benzene rings is 1. The molecule has 0 spiro atoms. The number of aromatic amines is 1. The Hall–Kier alpha value is -3.49. The number of halogens is 3. The number of nitrogens with one attached hydrogen (secondary N) is 1. The lowest BCUT2D eigenvalue weighted by molar-refractivity contribution is -0.137. The fourth-order valence-corrected chi connectivity index (χ4v) is 4.15. The summed E-state index contributed by atoms with van der Waals surface area (Å²) >= 11 is 0. The van der Waals surface area contributed by atoms with E-state index in [1.807, 2.05) is 6.92 Å². The Bertz CT molecular complexity index is 1410. The molecule has 1 N–H and O–H groups in total. The minimum Gasteiger partial charge on any atom is -0.305 e. The highest BCUT2D eigenvalue weighted by atomic mass is 32.2. The molecule has 0 unspecified atom stereocenters. The summed E-state index contributed by atoms with van der Waals surface area (Å²) < 4.78 is 66.5. The van der Waals surface area contributed by atoms with E-state index in [2.05, 4.69) is 15.2 Å². The van der Waals surface area contributed by atoms with Gasteiger partial charge < -0.3 is 4.98 Å². The second kappa shape index (κ2) is 8.80. The zero-order valence-corrected chi connectivity index (χ0v) is 18.3. The van der Waals surface area contributed by atoms with Gasteiger partial charge in [0.1, 0.15) is 12.7 Å². The maximum atomic E-state index is 13.6. The number of alkyl halides is 3. The number of hydrogen-bond acceptors (Lipinski definition) is 7. The first-order valence-corrected chi connectivity index (χ1v) is 11.5. The first-order valence-electron chi connectivity index (χ1n) is 9.65. The van der Waals surface area contributed by atoms with Crippen molar-refractivity contribution in [2.75, 3.05) is 10.7 Å². The average molecular weight is 488 g/mol. The Morgan fingerprint density at radius 1 is 1.15 bits per heavy atom. The molecule has 3 aromatic rings. The molecule has 178 valence electrons. The molecule has 1 amide bonds. The van der Waals surface area contributed by atoms with Gasteiger partial charge in [0, 0.05) is 6.42 Å². The SMILES string of the molecule is CCCCCC(=O)N(n1c(=O)[nH]c2cc(C(F)(F)F)c(-n3cnnc3)cc2c1=O)S(C)(=O)=O. The monoisotopic (exact) mass is 488 g/mol. The summed E-state index contributed by atoms with van der Waals surface area (Å²) in [5.41, 5.74) is -4.88. The van der Waals surface area contributed by atoms with Gasteiger partial charge in [-0.05, 0) is 18.6 Å².